The molecular formula is C11H6FN3O5. The molecule has 0 bridgehead atoms. The molecular weight excluding hydrogens is 273 g/mol. The van der Waals surface area contributed by atoms with Crippen molar-refractivity contribution in [1.29, 1.82) is 0 Å². The molecule has 8 nitrogen and oxygen atoms in total. The Labute approximate surface area is 109 Å². The molecule has 0 saturated carbocycles. The molecule has 1 aromatic carbocycles. The molecule has 0 fully saturated rings. The van der Waals surface area contributed by atoms with Crippen molar-refractivity contribution in [3.8, 4) is 0 Å². The molecule has 0 atom stereocenters. The highest BCUT2D eigenvalue weighted by Gasteiger charge is 2.14. The van der Waals surface area contributed by atoms with E-state index in [-0.39, 0.29) is 11.3 Å². The summed E-state index contributed by atoms with van der Waals surface area (Å²) in [6, 6.07) is 4.38. The van der Waals surface area contributed by atoms with Gasteiger partial charge in [-0.2, -0.15) is 4.39 Å². The molecule has 2 aromatic rings. The van der Waals surface area contributed by atoms with Gasteiger partial charge in [0.2, 0.25) is 5.82 Å². The quantitative estimate of drug-likeness (QED) is 0.626. The summed E-state index contributed by atoms with van der Waals surface area (Å²) in [6.07, 6.45) is 0.463. The summed E-state index contributed by atoms with van der Waals surface area (Å²) >= 11 is 0. The molecule has 0 amide bonds. The number of non-ortho nitro benzene ring substituents is 1. The number of carbonyl (C=O) groups excluding carboxylic acids is 1. The van der Waals surface area contributed by atoms with Crippen LogP contribution in [0, 0.1) is 15.9 Å². The number of nitrogens with zero attached hydrogens (tertiary/aromatic N) is 2. The smallest absolute Gasteiger partial charge is 0.271 e. The van der Waals surface area contributed by atoms with Crippen LogP contribution in [0.4, 0.5) is 10.1 Å². The fraction of sp³-hybridized carbons (Fsp3) is 0. The van der Waals surface area contributed by atoms with E-state index in [1.807, 2.05) is 0 Å². The third-order valence-corrected chi connectivity index (χ3v) is 2.44. The molecule has 20 heavy (non-hydrogen) atoms. The average Bonchev–Trinajstić information content (AvgIpc) is 2.42. The summed E-state index contributed by atoms with van der Waals surface area (Å²) in [5.74, 6) is -2.21. The van der Waals surface area contributed by atoms with Crippen LogP contribution in [0.2, 0.25) is 0 Å². The topological polar surface area (TPSA) is 115 Å². The number of hydrogen-bond acceptors (Lipinski definition) is 5. The lowest BCUT2D eigenvalue weighted by Crippen LogP contribution is -2.35. The Hall–Kier alpha value is -3.10. The Kier molecular flexibility index (Phi) is 3.25. The Balaban J connectivity index is 2.46. The summed E-state index contributed by atoms with van der Waals surface area (Å²) < 4.78 is 13.4. The molecule has 0 aliphatic heterocycles. The standard InChI is InChI=1S/C11H6FN3O5/c12-8-5-14(11(18)13-9(8)16)10(17)6-1-3-7(4-2-6)15(19)20/h1-5H,(H,13,16,18). The molecule has 1 aromatic heterocycles. The lowest BCUT2D eigenvalue weighted by molar-refractivity contribution is -0.384. The summed E-state index contributed by atoms with van der Waals surface area (Å²) in [7, 11) is 0. The lowest BCUT2D eigenvalue weighted by Gasteiger charge is -2.03. The molecule has 0 radical (unpaired) electrons. The number of aromatic amines is 1. The van der Waals surface area contributed by atoms with E-state index in [1.165, 1.54) is 0 Å². The van der Waals surface area contributed by atoms with E-state index in [2.05, 4.69) is 0 Å². The van der Waals surface area contributed by atoms with Crippen LogP contribution < -0.4 is 11.2 Å². The van der Waals surface area contributed by atoms with Gasteiger partial charge in [-0.1, -0.05) is 0 Å². The van der Waals surface area contributed by atoms with Gasteiger partial charge in [-0.15, -0.1) is 0 Å². The number of aromatic nitrogens is 2. The average molecular weight is 279 g/mol. The van der Waals surface area contributed by atoms with Crippen LogP contribution in [0.25, 0.3) is 0 Å². The number of benzene rings is 1. The van der Waals surface area contributed by atoms with Gasteiger partial charge in [-0.25, -0.2) is 9.36 Å². The van der Waals surface area contributed by atoms with Gasteiger partial charge in [0.1, 0.15) is 0 Å². The molecule has 0 spiro atoms. The van der Waals surface area contributed by atoms with Crippen molar-refractivity contribution in [3.63, 3.8) is 0 Å². The molecule has 0 aliphatic carbocycles. The Morgan fingerprint density at radius 3 is 2.40 bits per heavy atom. The third kappa shape index (κ3) is 2.36. The number of nitro groups is 1. The van der Waals surface area contributed by atoms with Crippen LogP contribution in [0.1, 0.15) is 10.4 Å². The molecule has 0 aliphatic rings. The monoisotopic (exact) mass is 279 g/mol. The number of nitrogens with one attached hydrogen (secondary N) is 1. The minimum absolute atomic E-state index is 0.0656. The SMILES string of the molecule is O=C(c1ccc([N+](=O)[O-])cc1)n1cc(F)c(=O)[nH]c1=O. The molecule has 0 saturated heterocycles. The zero-order valence-electron chi connectivity index (χ0n) is 9.70. The van der Waals surface area contributed by atoms with Crippen molar-refractivity contribution < 1.29 is 14.1 Å². The lowest BCUT2D eigenvalue weighted by atomic mass is 10.2. The molecule has 9 heteroatoms. The summed E-state index contributed by atoms with van der Waals surface area (Å²) in [4.78, 5) is 45.6. The van der Waals surface area contributed by atoms with E-state index in [1.54, 1.807) is 4.98 Å². The highest BCUT2D eigenvalue weighted by molar-refractivity contribution is 5.95. The van der Waals surface area contributed by atoms with Crippen molar-refractivity contribution >= 4 is 11.6 Å². The van der Waals surface area contributed by atoms with Crippen molar-refractivity contribution in [1.82, 2.24) is 9.55 Å². The van der Waals surface area contributed by atoms with Gasteiger partial charge in [0, 0.05) is 17.7 Å². The first-order chi connectivity index (χ1) is 9.40. The fourth-order valence-electron chi connectivity index (χ4n) is 1.46. The van der Waals surface area contributed by atoms with Gasteiger partial charge in [0.25, 0.3) is 17.2 Å². The maximum absolute atomic E-state index is 13.1. The second-order valence-electron chi connectivity index (χ2n) is 3.72. The molecule has 1 heterocycles. The second kappa shape index (κ2) is 4.88. The minimum Gasteiger partial charge on any atom is -0.271 e. The first-order valence-corrected chi connectivity index (χ1v) is 5.21. The van der Waals surface area contributed by atoms with E-state index in [4.69, 9.17) is 0 Å². The predicted octanol–water partition coefficient (Wildman–Crippen LogP) is 0.272. The Bertz CT molecular complexity index is 806. The fourth-order valence-corrected chi connectivity index (χ4v) is 1.46. The van der Waals surface area contributed by atoms with Gasteiger partial charge >= 0.3 is 5.69 Å². The summed E-state index contributed by atoms with van der Waals surface area (Å²) in [6.45, 7) is 0. The number of H-pyrrole nitrogens is 1. The van der Waals surface area contributed by atoms with E-state index in [0.717, 1.165) is 24.3 Å². The highest BCUT2D eigenvalue weighted by atomic mass is 19.1. The van der Waals surface area contributed by atoms with Crippen molar-refractivity contribution in [2.24, 2.45) is 0 Å². The normalized spacial score (nSPS) is 10.2. The highest BCUT2D eigenvalue weighted by Crippen LogP contribution is 2.12. The van der Waals surface area contributed by atoms with E-state index >= 15 is 0 Å². The maximum Gasteiger partial charge on any atom is 0.335 e. The van der Waals surface area contributed by atoms with E-state index in [9.17, 15) is 28.9 Å². The number of carbonyl (C=O) groups is 1. The zero-order chi connectivity index (χ0) is 14.9. The largest absolute Gasteiger partial charge is 0.335 e. The van der Waals surface area contributed by atoms with Gasteiger partial charge in [-0.3, -0.25) is 24.7 Å². The Morgan fingerprint density at radius 1 is 1.25 bits per heavy atom. The van der Waals surface area contributed by atoms with Crippen LogP contribution in [-0.2, 0) is 0 Å². The third-order valence-electron chi connectivity index (χ3n) is 2.44. The van der Waals surface area contributed by atoms with Crippen LogP contribution in [0.5, 0.6) is 0 Å². The van der Waals surface area contributed by atoms with Crippen LogP contribution in [0.3, 0.4) is 0 Å². The van der Waals surface area contributed by atoms with Crippen molar-refractivity contribution in [2.45, 2.75) is 0 Å². The first-order valence-electron chi connectivity index (χ1n) is 5.21. The van der Waals surface area contributed by atoms with Gasteiger partial charge in [0.15, 0.2) is 0 Å². The summed E-state index contributed by atoms with van der Waals surface area (Å²) in [5, 5.41) is 10.5. The van der Waals surface area contributed by atoms with Crippen LogP contribution >= 0.6 is 0 Å². The van der Waals surface area contributed by atoms with E-state index < -0.39 is 27.9 Å². The van der Waals surface area contributed by atoms with Crippen molar-refractivity contribution in [3.05, 3.63) is 72.8 Å². The second-order valence-corrected chi connectivity index (χ2v) is 3.72. The molecule has 1 N–H and O–H groups in total. The zero-order valence-corrected chi connectivity index (χ0v) is 9.70. The number of rotatable bonds is 2. The number of hydrogen-bond donors (Lipinski definition) is 1. The predicted molar refractivity (Wildman–Crippen MR) is 64.1 cm³/mol. The van der Waals surface area contributed by atoms with Gasteiger partial charge < -0.3 is 0 Å². The maximum atomic E-state index is 13.1. The minimum atomic E-state index is -1.29. The molecule has 0 unspecified atom stereocenters. The molecule has 2 rings (SSSR count). The summed E-state index contributed by atoms with van der Waals surface area (Å²) in [5.41, 5.74) is -2.63. The van der Waals surface area contributed by atoms with Crippen LogP contribution in [0.15, 0.2) is 40.1 Å². The van der Waals surface area contributed by atoms with Gasteiger partial charge in [0.05, 0.1) is 11.1 Å². The van der Waals surface area contributed by atoms with Crippen molar-refractivity contribution in [2.75, 3.05) is 0 Å². The molecule has 102 valence electrons. The Morgan fingerprint density at radius 2 is 1.85 bits per heavy atom. The number of halogens is 1. The van der Waals surface area contributed by atoms with Crippen LogP contribution in [-0.4, -0.2) is 20.4 Å². The first kappa shape index (κ1) is 13.3. The van der Waals surface area contributed by atoms with E-state index in [0.29, 0.717) is 10.8 Å². The number of nitro benzene ring substituents is 1. The van der Waals surface area contributed by atoms with Gasteiger partial charge in [-0.05, 0) is 12.1 Å².